The van der Waals surface area contributed by atoms with Gasteiger partial charge in [-0.1, -0.05) is 42.5 Å². The van der Waals surface area contributed by atoms with E-state index in [4.69, 9.17) is 0 Å². The van der Waals surface area contributed by atoms with Crippen LogP contribution in [-0.4, -0.2) is 11.7 Å². The summed E-state index contributed by atoms with van der Waals surface area (Å²) < 4.78 is 0. The summed E-state index contributed by atoms with van der Waals surface area (Å²) in [5.74, 6) is 1.50. The van der Waals surface area contributed by atoms with Gasteiger partial charge in [0.2, 0.25) is 5.91 Å². The minimum atomic E-state index is 0.0683. The number of benzene rings is 2. The molecule has 2 aromatic carbocycles. The zero-order chi connectivity index (χ0) is 17.6. The van der Waals surface area contributed by atoms with Crippen molar-refractivity contribution in [1.29, 1.82) is 0 Å². The maximum atomic E-state index is 12.3. The second-order valence-electron chi connectivity index (χ2n) is 6.94. The quantitative estimate of drug-likeness (QED) is 0.793. The van der Waals surface area contributed by atoms with Gasteiger partial charge in [-0.2, -0.15) is 0 Å². The Morgan fingerprint density at radius 2 is 1.88 bits per heavy atom. The highest BCUT2D eigenvalue weighted by Gasteiger charge is 2.14. The van der Waals surface area contributed by atoms with Crippen LogP contribution in [0.4, 0.5) is 0 Å². The first-order valence-electron chi connectivity index (χ1n) is 9.17. The van der Waals surface area contributed by atoms with Crippen LogP contribution < -0.4 is 5.32 Å². The summed E-state index contributed by atoms with van der Waals surface area (Å²) in [6, 6.07) is 15.1. The minimum Gasteiger partial charge on any atom is -0.349 e. The Morgan fingerprint density at radius 1 is 1.12 bits per heavy atom. The lowest BCUT2D eigenvalue weighted by Gasteiger charge is -2.20. The van der Waals surface area contributed by atoms with Crippen LogP contribution in [-0.2, 0) is 23.4 Å². The first-order valence-corrected chi connectivity index (χ1v) is 10.3. The lowest BCUT2D eigenvalue weighted by atomic mass is 9.89. The molecule has 1 atom stereocenters. The summed E-state index contributed by atoms with van der Waals surface area (Å²) in [7, 11) is 0. The second kappa shape index (κ2) is 8.57. The number of thioether (sulfide) groups is 1. The van der Waals surface area contributed by atoms with E-state index < -0.39 is 0 Å². The van der Waals surface area contributed by atoms with Crippen LogP contribution in [0.1, 0.15) is 53.6 Å². The molecule has 1 aliphatic rings. The molecular weight excluding hydrogens is 326 g/mol. The number of hydrogen-bond acceptors (Lipinski definition) is 2. The van der Waals surface area contributed by atoms with Crippen molar-refractivity contribution in [3.63, 3.8) is 0 Å². The van der Waals surface area contributed by atoms with Crippen molar-refractivity contribution in [3.05, 3.63) is 70.3 Å². The van der Waals surface area contributed by atoms with Gasteiger partial charge < -0.3 is 5.32 Å². The number of hydrogen-bond donors (Lipinski definition) is 1. The van der Waals surface area contributed by atoms with E-state index in [1.807, 2.05) is 0 Å². The standard InChI is InChI=1S/C22H27NOS/c1-16-7-3-4-10-21(16)14-25-15-22(24)23-17(2)19-12-11-18-8-5-6-9-20(18)13-19/h3-4,7,10-13,17H,5-6,8-9,14-15H2,1-2H3,(H,23,24)/t17-/m1/s1. The molecule has 25 heavy (non-hydrogen) atoms. The van der Waals surface area contributed by atoms with Crippen LogP contribution >= 0.6 is 11.8 Å². The van der Waals surface area contributed by atoms with Gasteiger partial charge >= 0.3 is 0 Å². The Bertz CT molecular complexity index is 741. The second-order valence-corrected chi connectivity index (χ2v) is 7.93. The molecule has 132 valence electrons. The predicted octanol–water partition coefficient (Wildman–Crippen LogP) is 4.98. The Labute approximate surface area is 155 Å². The predicted molar refractivity (Wildman–Crippen MR) is 107 cm³/mol. The molecule has 0 bridgehead atoms. The van der Waals surface area contributed by atoms with Gasteiger partial charge in [0.05, 0.1) is 11.8 Å². The highest BCUT2D eigenvalue weighted by molar-refractivity contribution is 7.99. The van der Waals surface area contributed by atoms with Gasteiger partial charge in [0, 0.05) is 5.75 Å². The molecule has 0 aromatic heterocycles. The summed E-state index contributed by atoms with van der Waals surface area (Å²) in [5, 5.41) is 3.14. The van der Waals surface area contributed by atoms with Gasteiger partial charge in [0.15, 0.2) is 0 Å². The number of rotatable bonds is 6. The number of carbonyl (C=O) groups excluding carboxylic acids is 1. The van der Waals surface area contributed by atoms with E-state index in [9.17, 15) is 4.79 Å². The molecule has 0 unspecified atom stereocenters. The Morgan fingerprint density at radius 3 is 2.68 bits per heavy atom. The number of carbonyl (C=O) groups is 1. The first-order chi connectivity index (χ1) is 12.1. The van der Waals surface area contributed by atoms with E-state index in [-0.39, 0.29) is 11.9 Å². The number of nitrogens with one attached hydrogen (secondary N) is 1. The molecule has 0 radical (unpaired) electrons. The van der Waals surface area contributed by atoms with Crippen molar-refractivity contribution in [2.75, 3.05) is 5.75 Å². The number of aryl methyl sites for hydroxylation is 3. The molecule has 1 N–H and O–H groups in total. The summed E-state index contributed by atoms with van der Waals surface area (Å²) in [5.41, 5.74) is 6.78. The van der Waals surface area contributed by atoms with Gasteiger partial charge in [-0.15, -0.1) is 11.8 Å². The van der Waals surface area contributed by atoms with Gasteiger partial charge in [0.25, 0.3) is 0 Å². The van der Waals surface area contributed by atoms with Gasteiger partial charge in [-0.3, -0.25) is 4.79 Å². The van der Waals surface area contributed by atoms with Crippen molar-refractivity contribution in [1.82, 2.24) is 5.32 Å². The molecule has 0 fully saturated rings. The van der Waals surface area contributed by atoms with Crippen molar-refractivity contribution >= 4 is 17.7 Å². The minimum absolute atomic E-state index is 0.0683. The van der Waals surface area contributed by atoms with E-state index >= 15 is 0 Å². The lowest BCUT2D eigenvalue weighted by molar-refractivity contribution is -0.119. The van der Waals surface area contributed by atoms with Crippen LogP contribution in [0.5, 0.6) is 0 Å². The highest BCUT2D eigenvalue weighted by Crippen LogP contribution is 2.25. The third kappa shape index (κ3) is 4.88. The Balaban J connectivity index is 1.50. The fourth-order valence-electron chi connectivity index (χ4n) is 3.41. The third-order valence-corrected chi connectivity index (χ3v) is 5.98. The molecule has 1 aliphatic carbocycles. The zero-order valence-electron chi connectivity index (χ0n) is 15.2. The lowest BCUT2D eigenvalue weighted by Crippen LogP contribution is -2.28. The Kier molecular flexibility index (Phi) is 6.19. The maximum Gasteiger partial charge on any atom is 0.230 e. The van der Waals surface area contributed by atoms with Crippen LogP contribution in [0.15, 0.2) is 42.5 Å². The first kappa shape index (κ1) is 18.1. The fourth-order valence-corrected chi connectivity index (χ4v) is 4.33. The van der Waals surface area contributed by atoms with Gasteiger partial charge in [-0.05, 0) is 67.3 Å². The molecule has 0 spiro atoms. The van der Waals surface area contributed by atoms with Crippen molar-refractivity contribution in [2.45, 2.75) is 51.3 Å². The average molecular weight is 354 g/mol. The summed E-state index contributed by atoms with van der Waals surface area (Å²) in [4.78, 5) is 12.3. The molecule has 2 aromatic rings. The molecule has 1 amide bonds. The van der Waals surface area contributed by atoms with E-state index in [2.05, 4.69) is 61.6 Å². The van der Waals surface area contributed by atoms with Crippen LogP contribution in [0, 0.1) is 6.92 Å². The molecule has 3 heteroatoms. The average Bonchev–Trinajstić information content (AvgIpc) is 2.63. The van der Waals surface area contributed by atoms with Crippen molar-refractivity contribution < 1.29 is 4.79 Å². The van der Waals surface area contributed by atoms with E-state index in [0.29, 0.717) is 5.75 Å². The smallest absolute Gasteiger partial charge is 0.230 e. The molecule has 0 heterocycles. The Hall–Kier alpha value is -1.74. The largest absolute Gasteiger partial charge is 0.349 e. The van der Waals surface area contributed by atoms with Gasteiger partial charge in [-0.25, -0.2) is 0 Å². The van der Waals surface area contributed by atoms with Gasteiger partial charge in [0.1, 0.15) is 0 Å². The number of fused-ring (bicyclic) bond motifs is 1. The zero-order valence-corrected chi connectivity index (χ0v) is 16.0. The summed E-state index contributed by atoms with van der Waals surface area (Å²) in [6.07, 6.45) is 4.96. The molecule has 0 saturated carbocycles. The molecule has 0 saturated heterocycles. The van der Waals surface area contributed by atoms with Crippen LogP contribution in [0.3, 0.4) is 0 Å². The molecular formula is C22H27NOS. The topological polar surface area (TPSA) is 29.1 Å². The van der Waals surface area contributed by atoms with Crippen molar-refractivity contribution in [3.8, 4) is 0 Å². The maximum absolute atomic E-state index is 12.3. The molecule has 0 aliphatic heterocycles. The molecule has 3 rings (SSSR count). The summed E-state index contributed by atoms with van der Waals surface area (Å²) in [6.45, 7) is 4.20. The molecule has 2 nitrogen and oxygen atoms in total. The van der Waals surface area contributed by atoms with E-state index in [1.165, 1.54) is 53.5 Å². The summed E-state index contributed by atoms with van der Waals surface area (Å²) >= 11 is 1.68. The number of amides is 1. The SMILES string of the molecule is Cc1ccccc1CSCC(=O)N[C@H](C)c1ccc2c(c1)CCCC2. The normalized spacial score (nSPS) is 14.6. The highest BCUT2D eigenvalue weighted by atomic mass is 32.2. The van der Waals surface area contributed by atoms with Crippen LogP contribution in [0.2, 0.25) is 0 Å². The van der Waals surface area contributed by atoms with E-state index in [1.54, 1.807) is 11.8 Å². The third-order valence-electron chi connectivity index (χ3n) is 5.00. The fraction of sp³-hybridized carbons (Fsp3) is 0.409. The van der Waals surface area contributed by atoms with Crippen molar-refractivity contribution in [2.24, 2.45) is 0 Å². The monoisotopic (exact) mass is 353 g/mol. The van der Waals surface area contributed by atoms with Crippen LogP contribution in [0.25, 0.3) is 0 Å². The van der Waals surface area contributed by atoms with E-state index in [0.717, 1.165) is 5.75 Å².